The fraction of sp³-hybridized carbons (Fsp3) is 0.200. The van der Waals surface area contributed by atoms with Crippen molar-refractivity contribution in [1.82, 2.24) is 19.1 Å². The molecule has 0 aliphatic heterocycles. The first-order valence-corrected chi connectivity index (χ1v) is 19.8. The molecule has 5 aliphatic rings. The minimum absolute atomic E-state index is 0.149. The van der Waals surface area contributed by atoms with Gasteiger partial charge in [-0.15, -0.1) is 0 Å². The Morgan fingerprint density at radius 1 is 0.481 bits per heavy atom. The fourth-order valence-electron chi connectivity index (χ4n) is 12.5. The van der Waals surface area contributed by atoms with Crippen LogP contribution in [-0.4, -0.2) is 19.1 Å². The highest BCUT2D eigenvalue weighted by molar-refractivity contribution is 6.12. The van der Waals surface area contributed by atoms with Gasteiger partial charge in [0, 0.05) is 38.8 Å². The standard InChI is InChI=1S/C50H38N4/c1-4-10-43-37(7-1)38-16-15-36(28-44(38)50(43)34-22-30-21-31(24-34)25-35(50)23-30)53-45-11-5-2-8-39(45)41-26-32(13-17-47(41)53)33-14-18-48-42(27-33)40-9-3-6-12-46(40)54(48)49-19-20-51-29-52-49/h1-20,26-31,34-35H,21-25H2. The van der Waals surface area contributed by atoms with Crippen LogP contribution in [0.15, 0.2) is 146 Å². The predicted molar refractivity (Wildman–Crippen MR) is 219 cm³/mol. The molecule has 5 aliphatic carbocycles. The van der Waals surface area contributed by atoms with Crippen LogP contribution in [0.5, 0.6) is 0 Å². The number of benzene rings is 6. The lowest BCUT2D eigenvalue weighted by molar-refractivity contribution is -0.0399. The molecule has 4 saturated carbocycles. The van der Waals surface area contributed by atoms with Crippen molar-refractivity contribution in [1.29, 1.82) is 0 Å². The number of fused-ring (bicyclic) bond motifs is 9. The maximum Gasteiger partial charge on any atom is 0.140 e. The minimum atomic E-state index is 0.149. The highest BCUT2D eigenvalue weighted by atomic mass is 15.1. The average molecular weight is 695 g/mol. The number of hydrogen-bond acceptors (Lipinski definition) is 2. The largest absolute Gasteiger partial charge is 0.309 e. The van der Waals surface area contributed by atoms with E-state index in [9.17, 15) is 0 Å². The third-order valence-corrected chi connectivity index (χ3v) is 14.3. The summed E-state index contributed by atoms with van der Waals surface area (Å²) < 4.78 is 4.79. The Morgan fingerprint density at radius 3 is 1.76 bits per heavy atom. The van der Waals surface area contributed by atoms with E-state index in [0.29, 0.717) is 0 Å². The van der Waals surface area contributed by atoms with Crippen molar-refractivity contribution in [2.75, 3.05) is 0 Å². The van der Waals surface area contributed by atoms with E-state index >= 15 is 0 Å². The summed E-state index contributed by atoms with van der Waals surface area (Å²) in [5, 5.41) is 5.03. The summed E-state index contributed by atoms with van der Waals surface area (Å²) in [6.45, 7) is 0. The first-order valence-electron chi connectivity index (χ1n) is 19.8. The molecule has 6 aromatic carbocycles. The molecule has 258 valence electrons. The number of rotatable bonds is 3. The monoisotopic (exact) mass is 694 g/mol. The van der Waals surface area contributed by atoms with Crippen LogP contribution >= 0.6 is 0 Å². The Labute approximate surface area is 313 Å². The van der Waals surface area contributed by atoms with Gasteiger partial charge in [0.1, 0.15) is 12.1 Å². The van der Waals surface area contributed by atoms with Crippen LogP contribution in [-0.2, 0) is 5.41 Å². The zero-order valence-electron chi connectivity index (χ0n) is 30.0. The van der Waals surface area contributed by atoms with Gasteiger partial charge in [0.05, 0.1) is 22.1 Å². The molecule has 0 radical (unpaired) electrons. The van der Waals surface area contributed by atoms with Crippen LogP contribution in [0.1, 0.15) is 43.2 Å². The minimum Gasteiger partial charge on any atom is -0.309 e. The van der Waals surface area contributed by atoms with Crippen molar-refractivity contribution >= 4 is 43.6 Å². The first-order chi connectivity index (χ1) is 26.7. The second-order valence-corrected chi connectivity index (χ2v) is 16.7. The smallest absolute Gasteiger partial charge is 0.140 e. The normalized spacial score (nSPS) is 23.6. The zero-order valence-corrected chi connectivity index (χ0v) is 30.0. The summed E-state index contributed by atoms with van der Waals surface area (Å²) in [5.74, 6) is 4.24. The zero-order chi connectivity index (χ0) is 35.1. The molecule has 14 rings (SSSR count). The SMILES string of the molecule is c1ccc2c(c1)-c1ccc(-n3c4ccccc4c4cc(-c5ccc6c(c5)c5ccccc5n6-c5ccncn5)ccc43)cc1C21C2CC3CC(C2)CC1C3. The van der Waals surface area contributed by atoms with Gasteiger partial charge < -0.3 is 4.57 Å². The number of nitrogens with zero attached hydrogens (tertiary/aromatic N) is 4. The van der Waals surface area contributed by atoms with Crippen molar-refractivity contribution in [3.63, 3.8) is 0 Å². The van der Waals surface area contributed by atoms with Crippen LogP contribution in [0.25, 0.3) is 77.4 Å². The fourth-order valence-corrected chi connectivity index (χ4v) is 12.5. The van der Waals surface area contributed by atoms with Gasteiger partial charge in [-0.3, -0.25) is 4.57 Å². The molecular formula is C50H38N4. The molecule has 4 nitrogen and oxygen atoms in total. The van der Waals surface area contributed by atoms with Crippen LogP contribution in [0, 0.1) is 23.7 Å². The van der Waals surface area contributed by atoms with Crippen LogP contribution in [0.3, 0.4) is 0 Å². The molecule has 9 aromatic rings. The summed E-state index contributed by atoms with van der Waals surface area (Å²) >= 11 is 0. The lowest BCUT2D eigenvalue weighted by Crippen LogP contribution is -2.55. The van der Waals surface area contributed by atoms with Gasteiger partial charge in [-0.25, -0.2) is 9.97 Å². The summed E-state index contributed by atoms with van der Waals surface area (Å²) in [6, 6.07) is 50.5. The highest BCUT2D eigenvalue weighted by Crippen LogP contribution is 2.69. The van der Waals surface area contributed by atoms with Crippen LogP contribution in [0.2, 0.25) is 0 Å². The van der Waals surface area contributed by atoms with E-state index in [2.05, 4.69) is 146 Å². The van der Waals surface area contributed by atoms with E-state index in [0.717, 1.165) is 40.5 Å². The topological polar surface area (TPSA) is 35.6 Å². The third-order valence-electron chi connectivity index (χ3n) is 14.3. The maximum atomic E-state index is 4.62. The van der Waals surface area contributed by atoms with Gasteiger partial charge in [-0.05, 0) is 144 Å². The van der Waals surface area contributed by atoms with E-state index in [4.69, 9.17) is 0 Å². The third kappa shape index (κ3) is 3.73. The summed E-state index contributed by atoms with van der Waals surface area (Å²) in [4.78, 5) is 8.79. The van der Waals surface area contributed by atoms with Crippen molar-refractivity contribution in [3.8, 4) is 33.8 Å². The molecule has 0 amide bonds. The van der Waals surface area contributed by atoms with Crippen molar-refractivity contribution in [2.24, 2.45) is 23.7 Å². The average Bonchev–Trinajstić information content (AvgIpc) is 3.83. The Bertz CT molecular complexity index is 2990. The van der Waals surface area contributed by atoms with E-state index in [1.807, 2.05) is 12.3 Å². The lowest BCUT2D eigenvalue weighted by Gasteiger charge is -2.61. The van der Waals surface area contributed by atoms with Crippen molar-refractivity contribution < 1.29 is 0 Å². The Kier molecular flexibility index (Phi) is 5.77. The molecule has 4 heteroatoms. The molecular weight excluding hydrogens is 657 g/mol. The van der Waals surface area contributed by atoms with E-state index < -0.39 is 0 Å². The van der Waals surface area contributed by atoms with E-state index in [-0.39, 0.29) is 5.41 Å². The Morgan fingerprint density at radius 2 is 1.07 bits per heavy atom. The predicted octanol–water partition coefficient (Wildman–Crippen LogP) is 12.1. The van der Waals surface area contributed by atoms with Crippen molar-refractivity contribution in [3.05, 3.63) is 157 Å². The Balaban J connectivity index is 0.987. The van der Waals surface area contributed by atoms with Gasteiger partial charge >= 0.3 is 0 Å². The van der Waals surface area contributed by atoms with Crippen LogP contribution < -0.4 is 0 Å². The van der Waals surface area contributed by atoms with E-state index in [1.54, 1.807) is 17.5 Å². The van der Waals surface area contributed by atoms with E-state index in [1.165, 1.54) is 92.6 Å². The van der Waals surface area contributed by atoms with Gasteiger partial charge in [0.2, 0.25) is 0 Å². The number of para-hydroxylation sites is 2. The van der Waals surface area contributed by atoms with Gasteiger partial charge in [0.15, 0.2) is 0 Å². The van der Waals surface area contributed by atoms with Gasteiger partial charge in [-0.1, -0.05) is 78.9 Å². The van der Waals surface area contributed by atoms with Gasteiger partial charge in [0.25, 0.3) is 0 Å². The number of hydrogen-bond donors (Lipinski definition) is 0. The second kappa shape index (κ2) is 10.6. The molecule has 0 saturated heterocycles. The lowest BCUT2D eigenvalue weighted by atomic mass is 9.43. The molecule has 0 unspecified atom stereocenters. The molecule has 0 atom stereocenters. The summed E-state index contributed by atoms with van der Waals surface area (Å²) in [6.07, 6.45) is 10.5. The maximum absolute atomic E-state index is 4.62. The molecule has 3 aromatic heterocycles. The van der Waals surface area contributed by atoms with Crippen molar-refractivity contribution in [2.45, 2.75) is 37.5 Å². The first kappa shape index (κ1) is 29.5. The molecule has 4 bridgehead atoms. The quantitative estimate of drug-likeness (QED) is 0.185. The highest BCUT2D eigenvalue weighted by Gasteiger charge is 2.61. The summed E-state index contributed by atoms with van der Waals surface area (Å²) in [7, 11) is 0. The molecule has 0 N–H and O–H groups in total. The Hall–Kier alpha value is -6.00. The summed E-state index contributed by atoms with van der Waals surface area (Å²) in [5.41, 5.74) is 14.9. The molecule has 3 heterocycles. The second-order valence-electron chi connectivity index (χ2n) is 16.7. The van der Waals surface area contributed by atoms with Crippen LogP contribution in [0.4, 0.5) is 0 Å². The van der Waals surface area contributed by atoms with Gasteiger partial charge in [-0.2, -0.15) is 0 Å². The molecule has 4 fully saturated rings. The molecule has 54 heavy (non-hydrogen) atoms. The number of aromatic nitrogens is 4. The molecule has 1 spiro atoms.